The van der Waals surface area contributed by atoms with Crippen LogP contribution in [0.2, 0.25) is 0 Å². The molecule has 1 fully saturated rings. The van der Waals surface area contributed by atoms with Crippen molar-refractivity contribution in [2.45, 2.75) is 51.5 Å². The van der Waals surface area contributed by atoms with Crippen LogP contribution >= 0.6 is 0 Å². The molecule has 0 aromatic carbocycles. The Morgan fingerprint density at radius 2 is 2.17 bits per heavy atom. The Hall–Kier alpha value is -1.03. The average molecular weight is 250 g/mol. The van der Waals surface area contributed by atoms with Gasteiger partial charge in [0.2, 0.25) is 0 Å². The summed E-state index contributed by atoms with van der Waals surface area (Å²) < 4.78 is 1.88. The van der Waals surface area contributed by atoms with E-state index in [9.17, 15) is 0 Å². The first-order valence-corrected chi connectivity index (χ1v) is 7.15. The van der Waals surface area contributed by atoms with E-state index in [0.717, 1.165) is 24.7 Å². The summed E-state index contributed by atoms with van der Waals surface area (Å²) >= 11 is 0. The summed E-state index contributed by atoms with van der Waals surface area (Å²) in [6.07, 6.45) is 8.09. The molecule has 4 heteroatoms. The van der Waals surface area contributed by atoms with Crippen LogP contribution in [0.5, 0.6) is 0 Å². The van der Waals surface area contributed by atoms with Crippen molar-refractivity contribution in [3.05, 3.63) is 11.8 Å². The second kappa shape index (κ2) is 6.23. The van der Waals surface area contributed by atoms with Crippen molar-refractivity contribution >= 4 is 5.82 Å². The van der Waals surface area contributed by atoms with Gasteiger partial charge in [-0.25, -0.2) is 0 Å². The molecule has 1 aromatic rings. The second-order valence-corrected chi connectivity index (χ2v) is 5.68. The molecule has 18 heavy (non-hydrogen) atoms. The maximum Gasteiger partial charge on any atom is 0.148 e. The molecule has 1 atom stereocenters. The Bertz CT molecular complexity index is 346. The summed E-state index contributed by atoms with van der Waals surface area (Å²) in [4.78, 5) is 0. The van der Waals surface area contributed by atoms with Crippen LogP contribution in [0.15, 0.2) is 6.07 Å². The summed E-state index contributed by atoms with van der Waals surface area (Å²) in [5.41, 5.74) is 7.37. The summed E-state index contributed by atoms with van der Waals surface area (Å²) in [5, 5.41) is 7.72. The molecule has 1 heterocycles. The lowest BCUT2D eigenvalue weighted by atomic mass is 9.85. The lowest BCUT2D eigenvalue weighted by Gasteiger charge is -2.24. The van der Waals surface area contributed by atoms with Crippen molar-refractivity contribution in [3.63, 3.8) is 0 Å². The molecule has 102 valence electrons. The van der Waals surface area contributed by atoms with Gasteiger partial charge in [0.25, 0.3) is 0 Å². The molecule has 1 aromatic heterocycles. The van der Waals surface area contributed by atoms with E-state index >= 15 is 0 Å². The Labute approximate surface area is 110 Å². The number of hydrogen-bond acceptors (Lipinski definition) is 3. The maximum absolute atomic E-state index is 6.20. The number of hydrogen-bond donors (Lipinski definition) is 2. The lowest BCUT2D eigenvalue weighted by Crippen LogP contribution is -2.32. The molecule has 4 nitrogen and oxygen atoms in total. The molecular weight excluding hydrogens is 224 g/mol. The van der Waals surface area contributed by atoms with E-state index in [-0.39, 0.29) is 6.04 Å². The molecule has 1 unspecified atom stereocenters. The van der Waals surface area contributed by atoms with Crippen molar-refractivity contribution in [1.82, 2.24) is 9.78 Å². The molecule has 1 aliphatic rings. The van der Waals surface area contributed by atoms with Crippen molar-refractivity contribution < 1.29 is 0 Å². The number of anilines is 1. The largest absolute Gasteiger partial charge is 0.367 e. The van der Waals surface area contributed by atoms with Crippen LogP contribution < -0.4 is 11.1 Å². The van der Waals surface area contributed by atoms with Gasteiger partial charge in [-0.15, -0.1) is 0 Å². The van der Waals surface area contributed by atoms with Gasteiger partial charge in [0.15, 0.2) is 0 Å². The van der Waals surface area contributed by atoms with Crippen LogP contribution in [0.1, 0.15) is 44.2 Å². The Kier molecular flexibility index (Phi) is 4.64. The minimum Gasteiger partial charge on any atom is -0.367 e. The van der Waals surface area contributed by atoms with E-state index in [0.29, 0.717) is 0 Å². The van der Waals surface area contributed by atoms with Crippen LogP contribution in [0.25, 0.3) is 0 Å². The topological polar surface area (TPSA) is 55.9 Å². The Morgan fingerprint density at radius 1 is 1.44 bits per heavy atom. The van der Waals surface area contributed by atoms with Gasteiger partial charge in [-0.3, -0.25) is 4.68 Å². The summed E-state index contributed by atoms with van der Waals surface area (Å²) in [5.74, 6) is 1.79. The molecule has 0 saturated heterocycles. The van der Waals surface area contributed by atoms with Gasteiger partial charge in [-0.05, 0) is 19.3 Å². The first-order valence-electron chi connectivity index (χ1n) is 7.15. The highest BCUT2D eigenvalue weighted by atomic mass is 15.3. The predicted octanol–water partition coefficient (Wildman–Crippen LogP) is 2.44. The third kappa shape index (κ3) is 3.73. The van der Waals surface area contributed by atoms with Crippen LogP contribution in [0.4, 0.5) is 5.82 Å². The molecule has 0 spiro atoms. The minimum absolute atomic E-state index is 0.246. The zero-order chi connectivity index (χ0) is 13.0. The highest BCUT2D eigenvalue weighted by Crippen LogP contribution is 2.26. The molecule has 0 amide bonds. The molecule has 0 bridgehead atoms. The number of nitrogens with one attached hydrogen (secondary N) is 1. The fraction of sp³-hybridized carbons (Fsp3) is 0.786. The summed E-state index contributed by atoms with van der Waals surface area (Å²) in [6, 6.07) is 2.31. The average Bonchev–Trinajstić information content (AvgIpc) is 2.68. The lowest BCUT2D eigenvalue weighted by molar-refractivity contribution is 0.320. The van der Waals surface area contributed by atoms with Gasteiger partial charge in [-0.1, -0.05) is 32.1 Å². The fourth-order valence-corrected chi connectivity index (χ4v) is 2.82. The number of aromatic nitrogens is 2. The van der Waals surface area contributed by atoms with E-state index in [1.54, 1.807) is 0 Å². The van der Waals surface area contributed by atoms with E-state index in [1.807, 2.05) is 11.7 Å². The SMILES string of the molecule is Cc1cc(NCC(N)CC2CCCCC2)nn1C. The van der Waals surface area contributed by atoms with Gasteiger partial charge >= 0.3 is 0 Å². The molecule has 0 radical (unpaired) electrons. The van der Waals surface area contributed by atoms with E-state index in [4.69, 9.17) is 5.73 Å². The zero-order valence-electron chi connectivity index (χ0n) is 11.7. The fourth-order valence-electron chi connectivity index (χ4n) is 2.82. The van der Waals surface area contributed by atoms with Gasteiger partial charge in [0, 0.05) is 31.4 Å². The van der Waals surface area contributed by atoms with E-state index in [1.165, 1.54) is 37.8 Å². The maximum atomic E-state index is 6.20. The van der Waals surface area contributed by atoms with Crippen LogP contribution in [0, 0.1) is 12.8 Å². The van der Waals surface area contributed by atoms with Gasteiger partial charge in [-0.2, -0.15) is 5.10 Å². The molecule has 1 aliphatic carbocycles. The number of aryl methyl sites for hydroxylation is 2. The highest BCUT2D eigenvalue weighted by Gasteiger charge is 2.16. The third-order valence-electron chi connectivity index (χ3n) is 4.02. The quantitative estimate of drug-likeness (QED) is 0.844. The van der Waals surface area contributed by atoms with Crippen molar-refractivity contribution in [2.75, 3.05) is 11.9 Å². The summed E-state index contributed by atoms with van der Waals surface area (Å²) in [6.45, 7) is 2.88. The predicted molar refractivity (Wildman–Crippen MR) is 75.6 cm³/mol. The molecular formula is C14H26N4. The number of nitrogens with zero attached hydrogens (tertiary/aromatic N) is 2. The first-order chi connectivity index (χ1) is 8.65. The van der Waals surface area contributed by atoms with Gasteiger partial charge in [0.05, 0.1) is 0 Å². The van der Waals surface area contributed by atoms with E-state index < -0.39 is 0 Å². The smallest absolute Gasteiger partial charge is 0.148 e. The number of rotatable bonds is 5. The van der Waals surface area contributed by atoms with Crippen molar-refractivity contribution in [2.24, 2.45) is 18.7 Å². The molecule has 0 aliphatic heterocycles. The minimum atomic E-state index is 0.246. The Morgan fingerprint density at radius 3 is 2.78 bits per heavy atom. The van der Waals surface area contributed by atoms with Gasteiger partial charge < -0.3 is 11.1 Å². The Balaban J connectivity index is 1.72. The third-order valence-corrected chi connectivity index (χ3v) is 4.02. The zero-order valence-corrected chi connectivity index (χ0v) is 11.7. The monoisotopic (exact) mass is 250 g/mol. The molecule has 2 rings (SSSR count). The summed E-state index contributed by atoms with van der Waals surface area (Å²) in [7, 11) is 1.96. The van der Waals surface area contributed by atoms with Gasteiger partial charge in [0.1, 0.15) is 5.82 Å². The molecule has 3 N–H and O–H groups in total. The van der Waals surface area contributed by atoms with Crippen LogP contribution in [-0.2, 0) is 7.05 Å². The van der Waals surface area contributed by atoms with Crippen molar-refractivity contribution in [3.8, 4) is 0 Å². The van der Waals surface area contributed by atoms with Crippen LogP contribution in [0.3, 0.4) is 0 Å². The normalized spacial score (nSPS) is 18.8. The highest BCUT2D eigenvalue weighted by molar-refractivity contribution is 5.35. The first kappa shape index (κ1) is 13.4. The van der Waals surface area contributed by atoms with E-state index in [2.05, 4.69) is 23.4 Å². The second-order valence-electron chi connectivity index (χ2n) is 5.68. The van der Waals surface area contributed by atoms with Crippen LogP contribution in [-0.4, -0.2) is 22.4 Å². The molecule has 1 saturated carbocycles. The van der Waals surface area contributed by atoms with Crippen molar-refractivity contribution in [1.29, 1.82) is 0 Å². The number of nitrogens with two attached hydrogens (primary N) is 1. The standard InChI is InChI=1S/C14H26N4/c1-11-8-14(17-18(11)2)16-10-13(15)9-12-6-4-3-5-7-12/h8,12-13H,3-7,9-10,15H2,1-2H3,(H,16,17).